The standard InChI is InChI=1S/C23H42O6Si.C17H28O6/c1-7-12-24-13-14-25-15-16-26-17-18-27-19-20-28-21-8-10-22(11-9-21)29-30(5,6)23(2,3)4;1-2-7-19-8-9-20-10-11-21-12-13-22-14-15-23-17-5-3-16(18)4-6-17/h8-11H,7,12-20H2,1-6H3;3-6,18H,2,7-15H2,1H3. The van der Waals surface area contributed by atoms with Crippen LogP contribution in [-0.2, 0) is 37.9 Å². The Hall–Kier alpha value is -2.46. The van der Waals surface area contributed by atoms with Crippen LogP contribution in [0.15, 0.2) is 48.5 Å². The van der Waals surface area contributed by atoms with E-state index >= 15 is 0 Å². The average Bonchev–Trinajstić information content (AvgIpc) is 3.13. The number of benzene rings is 2. The summed E-state index contributed by atoms with van der Waals surface area (Å²) in [7, 11) is -1.81. The molecule has 13 heteroatoms. The van der Waals surface area contributed by atoms with Crippen molar-refractivity contribution in [3.05, 3.63) is 48.5 Å². The van der Waals surface area contributed by atoms with Gasteiger partial charge in [0.2, 0.25) is 8.32 Å². The van der Waals surface area contributed by atoms with Crippen molar-refractivity contribution < 1.29 is 56.9 Å². The molecule has 0 fully saturated rings. The third-order valence-corrected chi connectivity index (χ3v) is 12.1. The molecule has 2 aromatic carbocycles. The van der Waals surface area contributed by atoms with Gasteiger partial charge in [0.05, 0.1) is 92.5 Å². The lowest BCUT2D eigenvalue weighted by Crippen LogP contribution is -2.43. The minimum Gasteiger partial charge on any atom is -0.543 e. The zero-order valence-electron chi connectivity index (χ0n) is 33.7. The number of hydrogen-bond donors (Lipinski definition) is 1. The van der Waals surface area contributed by atoms with Gasteiger partial charge in [-0.05, 0) is 79.5 Å². The van der Waals surface area contributed by atoms with Gasteiger partial charge in [-0.1, -0.05) is 34.6 Å². The summed E-state index contributed by atoms with van der Waals surface area (Å²) in [5.74, 6) is 2.66. The summed E-state index contributed by atoms with van der Waals surface area (Å²) in [6.07, 6.45) is 2.07. The molecule has 1 N–H and O–H groups in total. The second-order valence-electron chi connectivity index (χ2n) is 13.4. The first-order valence-corrected chi connectivity index (χ1v) is 22.0. The second kappa shape index (κ2) is 31.8. The Morgan fingerprint density at radius 3 is 0.981 bits per heavy atom. The van der Waals surface area contributed by atoms with Crippen molar-refractivity contribution >= 4 is 8.32 Å². The highest BCUT2D eigenvalue weighted by Gasteiger charge is 2.38. The molecule has 2 rings (SSSR count). The summed E-state index contributed by atoms with van der Waals surface area (Å²) in [4.78, 5) is 0. The van der Waals surface area contributed by atoms with E-state index in [2.05, 4.69) is 47.7 Å². The summed E-state index contributed by atoms with van der Waals surface area (Å²) < 4.78 is 60.6. The van der Waals surface area contributed by atoms with Gasteiger partial charge < -0.3 is 56.9 Å². The third-order valence-electron chi connectivity index (χ3n) is 7.76. The third kappa shape index (κ3) is 27.7. The quantitative estimate of drug-likeness (QED) is 0.0600. The zero-order valence-corrected chi connectivity index (χ0v) is 34.7. The average molecular weight is 771 g/mol. The van der Waals surface area contributed by atoms with Gasteiger partial charge >= 0.3 is 0 Å². The Balaban J connectivity index is 0.000000549. The monoisotopic (exact) mass is 770 g/mol. The van der Waals surface area contributed by atoms with Gasteiger partial charge in [0, 0.05) is 13.2 Å². The number of rotatable bonds is 32. The van der Waals surface area contributed by atoms with Crippen molar-refractivity contribution in [1.29, 1.82) is 0 Å². The van der Waals surface area contributed by atoms with Crippen LogP contribution >= 0.6 is 0 Å². The van der Waals surface area contributed by atoms with Gasteiger partial charge in [-0.25, -0.2) is 0 Å². The molecule has 0 atom stereocenters. The minimum atomic E-state index is -1.81. The van der Waals surface area contributed by atoms with Crippen molar-refractivity contribution in [1.82, 2.24) is 0 Å². The highest BCUT2D eigenvalue weighted by molar-refractivity contribution is 6.74. The van der Waals surface area contributed by atoms with E-state index in [1.54, 1.807) is 24.3 Å². The maximum absolute atomic E-state index is 9.14. The van der Waals surface area contributed by atoms with Crippen LogP contribution in [-0.4, -0.2) is 132 Å². The van der Waals surface area contributed by atoms with Crippen molar-refractivity contribution in [3.8, 4) is 23.0 Å². The second-order valence-corrected chi connectivity index (χ2v) is 18.1. The summed E-state index contributed by atoms with van der Waals surface area (Å²) in [5.41, 5.74) is 0. The highest BCUT2D eigenvalue weighted by atomic mass is 28.4. The number of hydrogen-bond acceptors (Lipinski definition) is 12. The maximum atomic E-state index is 9.14. The first kappa shape index (κ1) is 48.6. The van der Waals surface area contributed by atoms with E-state index in [-0.39, 0.29) is 10.8 Å². The molecule has 0 bridgehead atoms. The van der Waals surface area contributed by atoms with Crippen LogP contribution in [0.1, 0.15) is 47.5 Å². The summed E-state index contributed by atoms with van der Waals surface area (Å²) >= 11 is 0. The predicted octanol–water partition coefficient (Wildman–Crippen LogP) is 7.17. The van der Waals surface area contributed by atoms with E-state index in [1.165, 1.54) is 0 Å². The molecule has 0 amide bonds. The van der Waals surface area contributed by atoms with Gasteiger partial charge in [0.25, 0.3) is 0 Å². The Morgan fingerprint density at radius 1 is 0.415 bits per heavy atom. The van der Waals surface area contributed by atoms with Crippen molar-refractivity contribution in [2.45, 2.75) is 65.6 Å². The fourth-order valence-electron chi connectivity index (χ4n) is 3.84. The largest absolute Gasteiger partial charge is 0.543 e. The van der Waals surface area contributed by atoms with Gasteiger partial charge in [-0.3, -0.25) is 0 Å². The van der Waals surface area contributed by atoms with Gasteiger partial charge in [0.15, 0.2) is 0 Å². The highest BCUT2D eigenvalue weighted by Crippen LogP contribution is 2.37. The smallest absolute Gasteiger partial charge is 0.250 e. The van der Waals surface area contributed by atoms with Crippen LogP contribution in [0.4, 0.5) is 0 Å². The molecular formula is C40H70O12Si. The fourth-order valence-corrected chi connectivity index (χ4v) is 4.87. The first-order valence-electron chi connectivity index (χ1n) is 19.0. The maximum Gasteiger partial charge on any atom is 0.250 e. The summed E-state index contributed by atoms with van der Waals surface area (Å²) in [6.45, 7) is 25.9. The van der Waals surface area contributed by atoms with E-state index in [0.717, 1.165) is 37.6 Å². The number of phenolic OH excluding ortho intramolecular Hbond substituents is 1. The Labute approximate surface area is 320 Å². The van der Waals surface area contributed by atoms with E-state index in [4.69, 9.17) is 56.9 Å². The molecule has 0 unspecified atom stereocenters. The molecule has 12 nitrogen and oxygen atoms in total. The van der Waals surface area contributed by atoms with E-state index < -0.39 is 8.32 Å². The van der Waals surface area contributed by atoms with Crippen LogP contribution < -0.4 is 13.9 Å². The summed E-state index contributed by atoms with van der Waals surface area (Å²) in [5, 5.41) is 9.32. The van der Waals surface area contributed by atoms with E-state index in [9.17, 15) is 0 Å². The molecule has 306 valence electrons. The fraction of sp³-hybridized carbons (Fsp3) is 0.700. The Morgan fingerprint density at radius 2 is 0.679 bits per heavy atom. The van der Waals surface area contributed by atoms with Crippen molar-refractivity contribution in [2.24, 2.45) is 0 Å². The summed E-state index contributed by atoms with van der Waals surface area (Å²) in [6, 6.07) is 14.4. The Bertz CT molecular complexity index is 1080. The molecule has 0 aliphatic carbocycles. The van der Waals surface area contributed by atoms with Crippen molar-refractivity contribution in [2.75, 3.05) is 119 Å². The van der Waals surface area contributed by atoms with E-state index in [0.29, 0.717) is 111 Å². The lowest BCUT2D eigenvalue weighted by Gasteiger charge is -2.36. The van der Waals surface area contributed by atoms with Crippen LogP contribution in [0.25, 0.3) is 0 Å². The van der Waals surface area contributed by atoms with Crippen molar-refractivity contribution in [3.63, 3.8) is 0 Å². The number of phenols is 1. The van der Waals surface area contributed by atoms with Gasteiger partial charge in [-0.2, -0.15) is 0 Å². The Kier molecular flexibility index (Phi) is 29.2. The lowest BCUT2D eigenvalue weighted by atomic mass is 10.2. The first-order chi connectivity index (χ1) is 25.6. The normalized spacial score (nSPS) is 11.6. The lowest BCUT2D eigenvalue weighted by molar-refractivity contribution is -0.00450. The molecule has 53 heavy (non-hydrogen) atoms. The van der Waals surface area contributed by atoms with Crippen LogP contribution in [0.5, 0.6) is 23.0 Å². The number of ether oxygens (including phenoxy) is 10. The molecule has 0 saturated carbocycles. The van der Waals surface area contributed by atoms with Crippen LogP contribution in [0, 0.1) is 0 Å². The van der Waals surface area contributed by atoms with E-state index in [1.807, 2.05) is 24.3 Å². The van der Waals surface area contributed by atoms with Crippen LogP contribution in [0.2, 0.25) is 18.1 Å². The van der Waals surface area contributed by atoms with Crippen LogP contribution in [0.3, 0.4) is 0 Å². The van der Waals surface area contributed by atoms with Gasteiger partial charge in [-0.15, -0.1) is 0 Å². The molecule has 0 heterocycles. The molecule has 0 saturated heterocycles. The predicted molar refractivity (Wildman–Crippen MR) is 210 cm³/mol. The molecule has 0 aliphatic heterocycles. The molecule has 0 radical (unpaired) electrons. The molecular weight excluding hydrogens is 701 g/mol. The topological polar surface area (TPSA) is 122 Å². The molecule has 0 aromatic heterocycles. The SMILES string of the molecule is CCCOCCOCCOCCOCCOc1ccc(O)cc1.CCCOCCOCCOCCOCCOc1ccc(O[Si](C)(C)C(C)(C)C)cc1. The molecule has 0 aliphatic rings. The zero-order chi connectivity index (χ0) is 38.9. The minimum absolute atomic E-state index is 0.180. The number of aromatic hydroxyl groups is 1. The molecule has 0 spiro atoms. The molecule has 2 aromatic rings. The van der Waals surface area contributed by atoms with Gasteiger partial charge in [0.1, 0.15) is 36.2 Å².